The third-order valence-corrected chi connectivity index (χ3v) is 3.60. The van der Waals surface area contributed by atoms with Crippen LogP contribution in [0.2, 0.25) is 0 Å². The number of aliphatic hydroxyl groups excluding tert-OH is 1. The minimum absolute atomic E-state index is 0.0164. The van der Waals surface area contributed by atoms with Crippen LogP contribution >= 0.6 is 0 Å². The second kappa shape index (κ2) is 11.8. The van der Waals surface area contributed by atoms with Crippen LogP contribution in [-0.4, -0.2) is 60.8 Å². The molecule has 7 heteroatoms. The van der Waals surface area contributed by atoms with Crippen molar-refractivity contribution >= 4 is 17.8 Å². The molecular weight excluding hydrogens is 314 g/mol. The van der Waals surface area contributed by atoms with E-state index in [2.05, 4.69) is 0 Å². The summed E-state index contributed by atoms with van der Waals surface area (Å²) in [6.07, 6.45) is 1.34. The molecule has 7 nitrogen and oxygen atoms in total. The van der Waals surface area contributed by atoms with Crippen molar-refractivity contribution in [3.8, 4) is 0 Å². The number of hydrogen-bond donors (Lipinski definition) is 1. The largest absolute Gasteiger partial charge is 0.464 e. The molecule has 0 bridgehead atoms. The fourth-order valence-corrected chi connectivity index (χ4v) is 2.02. The highest BCUT2D eigenvalue weighted by atomic mass is 16.5. The van der Waals surface area contributed by atoms with E-state index >= 15 is 0 Å². The van der Waals surface area contributed by atoms with Crippen LogP contribution in [0.1, 0.15) is 53.4 Å². The minimum atomic E-state index is -0.329. The molecule has 0 rings (SSSR count). The first-order valence-corrected chi connectivity index (χ1v) is 8.45. The summed E-state index contributed by atoms with van der Waals surface area (Å²) >= 11 is 0. The lowest BCUT2D eigenvalue weighted by molar-refractivity contribution is -0.148. The molecule has 0 aliphatic rings. The van der Waals surface area contributed by atoms with E-state index < -0.39 is 0 Å². The first kappa shape index (κ1) is 22.4. The van der Waals surface area contributed by atoms with Crippen molar-refractivity contribution in [1.82, 2.24) is 4.90 Å². The Morgan fingerprint density at radius 3 is 1.79 bits per heavy atom. The minimum Gasteiger partial charge on any atom is -0.464 e. The molecule has 0 aromatic carbocycles. The quantitative estimate of drug-likeness (QED) is 0.539. The maximum atomic E-state index is 12.5. The highest BCUT2D eigenvalue weighted by Gasteiger charge is 2.25. The average molecular weight is 345 g/mol. The molecule has 0 saturated heterocycles. The topological polar surface area (TPSA) is 93.1 Å². The van der Waals surface area contributed by atoms with Gasteiger partial charge in [0.15, 0.2) is 0 Å². The van der Waals surface area contributed by atoms with Crippen LogP contribution < -0.4 is 0 Å². The van der Waals surface area contributed by atoms with E-state index in [1.54, 1.807) is 13.8 Å². The van der Waals surface area contributed by atoms with Crippen LogP contribution in [0.3, 0.4) is 0 Å². The molecular formula is C17H31NO6. The number of carbonyl (C=O) groups excluding carboxylic acids is 3. The Bertz CT molecular complexity index is 386. The Hall–Kier alpha value is -1.63. The Balaban J connectivity index is 4.61. The van der Waals surface area contributed by atoms with Gasteiger partial charge in [-0.2, -0.15) is 0 Å². The van der Waals surface area contributed by atoms with Crippen molar-refractivity contribution in [2.45, 2.75) is 53.4 Å². The van der Waals surface area contributed by atoms with Crippen molar-refractivity contribution in [3.63, 3.8) is 0 Å². The van der Waals surface area contributed by atoms with Crippen LogP contribution in [0, 0.1) is 5.41 Å². The first-order chi connectivity index (χ1) is 11.3. The molecule has 24 heavy (non-hydrogen) atoms. The predicted octanol–water partition coefficient (Wildman–Crippen LogP) is 1.52. The van der Waals surface area contributed by atoms with Crippen LogP contribution in [0.15, 0.2) is 0 Å². The molecule has 0 atom stereocenters. The highest BCUT2D eigenvalue weighted by molar-refractivity contribution is 5.77. The summed E-state index contributed by atoms with van der Waals surface area (Å²) in [6, 6.07) is 0. The average Bonchev–Trinajstić information content (AvgIpc) is 2.52. The number of rotatable bonds is 12. The Morgan fingerprint density at radius 1 is 0.958 bits per heavy atom. The third kappa shape index (κ3) is 10.2. The van der Waals surface area contributed by atoms with Gasteiger partial charge in [0.2, 0.25) is 5.91 Å². The molecule has 0 aliphatic heterocycles. The molecule has 1 N–H and O–H groups in total. The zero-order valence-corrected chi connectivity index (χ0v) is 15.3. The molecule has 0 unspecified atom stereocenters. The van der Waals surface area contributed by atoms with Gasteiger partial charge in [0.25, 0.3) is 0 Å². The summed E-state index contributed by atoms with van der Waals surface area (Å²) in [7, 11) is 0. The van der Waals surface area contributed by atoms with Crippen molar-refractivity contribution in [3.05, 3.63) is 0 Å². The number of nitrogens with zero attached hydrogens (tertiary/aromatic N) is 1. The van der Waals surface area contributed by atoms with Crippen LogP contribution in [0.25, 0.3) is 0 Å². The van der Waals surface area contributed by atoms with E-state index in [0.717, 1.165) is 0 Å². The van der Waals surface area contributed by atoms with E-state index in [1.165, 1.54) is 4.90 Å². The van der Waals surface area contributed by atoms with Gasteiger partial charge in [0.1, 0.15) is 13.2 Å². The Labute approximate surface area is 144 Å². The summed E-state index contributed by atoms with van der Waals surface area (Å²) in [5.74, 6) is -0.755. The lowest BCUT2D eigenvalue weighted by Crippen LogP contribution is -2.39. The van der Waals surface area contributed by atoms with Gasteiger partial charge in [0, 0.05) is 25.9 Å². The third-order valence-electron chi connectivity index (χ3n) is 3.60. The Kier molecular flexibility index (Phi) is 11.0. The van der Waals surface area contributed by atoms with E-state index in [1.807, 2.05) is 13.8 Å². The lowest BCUT2D eigenvalue weighted by Gasteiger charge is -2.28. The zero-order chi connectivity index (χ0) is 18.6. The maximum absolute atomic E-state index is 12.5. The molecule has 0 radical (unpaired) electrons. The monoisotopic (exact) mass is 345 g/mol. The van der Waals surface area contributed by atoms with E-state index in [4.69, 9.17) is 14.6 Å². The van der Waals surface area contributed by atoms with Crippen molar-refractivity contribution in [1.29, 1.82) is 0 Å². The van der Waals surface area contributed by atoms with Crippen LogP contribution in [0.4, 0.5) is 0 Å². The lowest BCUT2D eigenvalue weighted by atomic mass is 9.85. The normalized spacial score (nSPS) is 11.0. The maximum Gasteiger partial charge on any atom is 0.305 e. The number of aliphatic hydroxyl groups is 1. The smallest absolute Gasteiger partial charge is 0.305 e. The fraction of sp³-hybridized carbons (Fsp3) is 0.824. The number of esters is 2. The van der Waals surface area contributed by atoms with Gasteiger partial charge in [-0.1, -0.05) is 27.7 Å². The fourth-order valence-electron chi connectivity index (χ4n) is 2.02. The molecule has 0 saturated carbocycles. The second-order valence-corrected chi connectivity index (χ2v) is 6.34. The molecule has 0 fully saturated rings. The molecule has 0 heterocycles. The molecule has 0 aromatic rings. The predicted molar refractivity (Wildman–Crippen MR) is 89.2 cm³/mol. The number of amides is 1. The molecule has 0 spiro atoms. The van der Waals surface area contributed by atoms with Gasteiger partial charge in [-0.3, -0.25) is 14.4 Å². The Morgan fingerprint density at radius 2 is 1.42 bits per heavy atom. The first-order valence-electron chi connectivity index (χ1n) is 8.45. The van der Waals surface area contributed by atoms with Crippen molar-refractivity contribution in [2.75, 3.05) is 32.9 Å². The van der Waals surface area contributed by atoms with Gasteiger partial charge in [-0.15, -0.1) is 0 Å². The standard InChI is InChI=1S/C17H31NO6/c1-5-15(21)23-11-8-18(9-12-24-16(22)6-2)14(20)13-17(3,4)7-10-19/h19H,5-13H2,1-4H3. The van der Waals surface area contributed by atoms with Gasteiger partial charge < -0.3 is 19.5 Å². The van der Waals surface area contributed by atoms with E-state index in [9.17, 15) is 14.4 Å². The highest BCUT2D eigenvalue weighted by Crippen LogP contribution is 2.25. The molecule has 1 amide bonds. The summed E-state index contributed by atoms with van der Waals surface area (Å²) in [6.45, 7) is 7.97. The molecule has 0 aliphatic carbocycles. The second-order valence-electron chi connectivity index (χ2n) is 6.34. The van der Waals surface area contributed by atoms with Crippen molar-refractivity contribution in [2.24, 2.45) is 5.41 Å². The zero-order valence-electron chi connectivity index (χ0n) is 15.3. The number of hydrogen-bond acceptors (Lipinski definition) is 6. The van der Waals surface area contributed by atoms with Gasteiger partial charge in [-0.05, 0) is 11.8 Å². The van der Waals surface area contributed by atoms with E-state index in [0.29, 0.717) is 6.42 Å². The summed E-state index contributed by atoms with van der Waals surface area (Å²) in [5, 5.41) is 9.07. The summed E-state index contributed by atoms with van der Waals surface area (Å²) in [5.41, 5.74) is -0.329. The summed E-state index contributed by atoms with van der Waals surface area (Å²) in [4.78, 5) is 36.4. The molecule has 0 aromatic heterocycles. The SMILES string of the molecule is CCC(=O)OCCN(CCOC(=O)CC)C(=O)CC(C)(C)CCO. The summed E-state index contributed by atoms with van der Waals surface area (Å²) < 4.78 is 10.0. The van der Waals surface area contributed by atoms with Crippen molar-refractivity contribution < 1.29 is 29.0 Å². The van der Waals surface area contributed by atoms with Crippen LogP contribution in [-0.2, 0) is 23.9 Å². The van der Waals surface area contributed by atoms with Crippen LogP contribution in [0.5, 0.6) is 0 Å². The van der Waals surface area contributed by atoms with Gasteiger partial charge >= 0.3 is 11.9 Å². The number of ether oxygens (including phenoxy) is 2. The van der Waals surface area contributed by atoms with Gasteiger partial charge in [0.05, 0.1) is 13.1 Å². The van der Waals surface area contributed by atoms with E-state index in [-0.39, 0.29) is 75.4 Å². The number of carbonyl (C=O) groups is 3. The van der Waals surface area contributed by atoms with Gasteiger partial charge in [-0.25, -0.2) is 0 Å². The molecule has 140 valence electrons.